The minimum absolute atomic E-state index is 0.195. The molecule has 3 N–H and O–H groups in total. The van der Waals surface area contributed by atoms with Crippen molar-refractivity contribution in [3.05, 3.63) is 24.3 Å². The molecule has 204 valence electrons. The Labute approximate surface area is 220 Å². The van der Waals surface area contributed by atoms with E-state index in [1.807, 2.05) is 32.9 Å². The van der Waals surface area contributed by atoms with E-state index in [-0.39, 0.29) is 30.0 Å². The summed E-state index contributed by atoms with van der Waals surface area (Å²) < 4.78 is 5.38. The zero-order chi connectivity index (χ0) is 26.4. The van der Waals surface area contributed by atoms with Crippen LogP contribution in [0.2, 0.25) is 0 Å². The third-order valence-electron chi connectivity index (χ3n) is 7.23. The molecule has 1 atom stereocenters. The van der Waals surface area contributed by atoms with Crippen LogP contribution in [0.25, 0.3) is 0 Å². The fourth-order valence-corrected chi connectivity index (χ4v) is 5.09. The van der Waals surface area contributed by atoms with Crippen molar-refractivity contribution in [1.29, 1.82) is 0 Å². The quantitative estimate of drug-likeness (QED) is 0.475. The summed E-state index contributed by atoms with van der Waals surface area (Å²) in [5, 5.41) is 8.63. The first-order valence-corrected chi connectivity index (χ1v) is 13.5. The van der Waals surface area contributed by atoms with E-state index in [9.17, 15) is 14.4 Å². The molecule has 0 saturated carbocycles. The van der Waals surface area contributed by atoms with Crippen molar-refractivity contribution in [3.63, 3.8) is 0 Å². The first kappa shape index (κ1) is 27.2. The molecule has 0 radical (unpaired) electrons. The van der Waals surface area contributed by atoms with Gasteiger partial charge in [-0.3, -0.25) is 19.8 Å². The molecule has 3 saturated heterocycles. The second-order valence-corrected chi connectivity index (χ2v) is 11.3. The Kier molecular flexibility index (Phi) is 8.91. The lowest BCUT2D eigenvalue weighted by molar-refractivity contribution is -0.133. The molecule has 37 heavy (non-hydrogen) atoms. The van der Waals surface area contributed by atoms with E-state index in [1.54, 1.807) is 0 Å². The van der Waals surface area contributed by atoms with E-state index < -0.39 is 5.60 Å². The van der Waals surface area contributed by atoms with Crippen LogP contribution in [0.1, 0.15) is 46.5 Å². The molecule has 3 aliphatic rings. The van der Waals surface area contributed by atoms with Crippen molar-refractivity contribution in [3.8, 4) is 0 Å². The van der Waals surface area contributed by atoms with E-state index in [2.05, 4.69) is 42.8 Å². The number of hydrogen-bond acceptors (Lipinski definition) is 8. The van der Waals surface area contributed by atoms with Crippen LogP contribution in [0.15, 0.2) is 24.3 Å². The van der Waals surface area contributed by atoms with Crippen molar-refractivity contribution in [2.45, 2.75) is 64.1 Å². The molecule has 4 rings (SSSR count). The van der Waals surface area contributed by atoms with Gasteiger partial charge in [-0.15, -0.1) is 0 Å². The Bertz CT molecular complexity index is 931. The van der Waals surface area contributed by atoms with Gasteiger partial charge in [0, 0.05) is 76.2 Å². The van der Waals surface area contributed by atoms with Crippen LogP contribution in [0, 0.1) is 0 Å². The Morgan fingerprint density at radius 3 is 2.16 bits per heavy atom. The third-order valence-corrected chi connectivity index (χ3v) is 7.23. The third kappa shape index (κ3) is 8.33. The monoisotopic (exact) mass is 514 g/mol. The maximum atomic E-state index is 12.0. The van der Waals surface area contributed by atoms with Gasteiger partial charge in [-0.05, 0) is 64.3 Å². The second kappa shape index (κ2) is 12.1. The van der Waals surface area contributed by atoms with E-state index in [1.165, 1.54) is 5.69 Å². The fourth-order valence-electron chi connectivity index (χ4n) is 5.09. The number of benzene rings is 1. The Balaban J connectivity index is 1.12. The SMILES string of the molecule is CC(C)(C)OC(=O)NC1CCN(CCN2CCN(c3ccc(NC4CCC(=O)NC4=O)cc3)CC2)CC1. The molecule has 0 aliphatic carbocycles. The van der Waals surface area contributed by atoms with Gasteiger partial charge in [0.2, 0.25) is 11.8 Å². The van der Waals surface area contributed by atoms with Gasteiger partial charge in [0.1, 0.15) is 11.6 Å². The summed E-state index contributed by atoms with van der Waals surface area (Å²) >= 11 is 0. The Morgan fingerprint density at radius 1 is 0.946 bits per heavy atom. The lowest BCUT2D eigenvalue weighted by atomic mass is 10.1. The highest BCUT2D eigenvalue weighted by atomic mass is 16.6. The highest BCUT2D eigenvalue weighted by Crippen LogP contribution is 2.21. The van der Waals surface area contributed by atoms with Crippen LogP contribution in [-0.2, 0) is 14.3 Å². The number of anilines is 2. The molecule has 3 aliphatic heterocycles. The lowest BCUT2D eigenvalue weighted by Crippen LogP contribution is -2.50. The van der Waals surface area contributed by atoms with Gasteiger partial charge in [-0.1, -0.05) is 0 Å². The van der Waals surface area contributed by atoms with Crippen LogP contribution >= 0.6 is 0 Å². The number of imide groups is 1. The number of hydrogen-bond donors (Lipinski definition) is 3. The molecule has 3 amide bonds. The summed E-state index contributed by atoms with van der Waals surface area (Å²) in [5.41, 5.74) is 1.61. The molecule has 3 heterocycles. The highest BCUT2D eigenvalue weighted by molar-refractivity contribution is 6.01. The summed E-state index contributed by atoms with van der Waals surface area (Å²) in [6.45, 7) is 13.8. The second-order valence-electron chi connectivity index (χ2n) is 11.3. The summed E-state index contributed by atoms with van der Waals surface area (Å²) in [7, 11) is 0. The summed E-state index contributed by atoms with van der Waals surface area (Å²) in [5.74, 6) is -0.451. The van der Waals surface area contributed by atoms with Gasteiger partial charge in [0.25, 0.3) is 0 Å². The molecule has 1 unspecified atom stereocenters. The number of nitrogens with zero attached hydrogens (tertiary/aromatic N) is 3. The molecule has 1 aromatic rings. The minimum atomic E-state index is -0.465. The van der Waals surface area contributed by atoms with Crippen molar-refractivity contribution in [1.82, 2.24) is 20.4 Å². The van der Waals surface area contributed by atoms with Gasteiger partial charge < -0.3 is 25.2 Å². The smallest absolute Gasteiger partial charge is 0.407 e. The molecular weight excluding hydrogens is 472 g/mol. The van der Waals surface area contributed by atoms with Crippen LogP contribution in [-0.4, -0.2) is 97.8 Å². The summed E-state index contributed by atoms with van der Waals surface area (Å²) in [6.07, 6.45) is 2.50. The molecule has 0 spiro atoms. The van der Waals surface area contributed by atoms with Crippen molar-refractivity contribution < 1.29 is 19.1 Å². The number of rotatable bonds is 7. The zero-order valence-corrected chi connectivity index (χ0v) is 22.4. The molecular formula is C27H42N6O4. The maximum absolute atomic E-state index is 12.0. The fraction of sp³-hybridized carbons (Fsp3) is 0.667. The molecule has 10 heteroatoms. The average Bonchev–Trinajstić information content (AvgIpc) is 2.85. The van der Waals surface area contributed by atoms with Crippen molar-refractivity contribution in [2.75, 3.05) is 62.6 Å². The summed E-state index contributed by atoms with van der Waals surface area (Å²) in [4.78, 5) is 42.7. The molecule has 1 aromatic carbocycles. The Hall–Kier alpha value is -2.85. The predicted octanol–water partition coefficient (Wildman–Crippen LogP) is 2.01. The number of nitrogens with one attached hydrogen (secondary N) is 3. The van der Waals surface area contributed by atoms with E-state index in [4.69, 9.17) is 4.74 Å². The van der Waals surface area contributed by atoms with E-state index in [0.29, 0.717) is 12.8 Å². The van der Waals surface area contributed by atoms with Crippen LogP contribution < -0.4 is 20.9 Å². The number of piperazine rings is 1. The van der Waals surface area contributed by atoms with E-state index >= 15 is 0 Å². The number of amides is 3. The lowest BCUT2D eigenvalue weighted by Gasteiger charge is -2.38. The molecule has 0 bridgehead atoms. The van der Waals surface area contributed by atoms with Crippen LogP contribution in [0.5, 0.6) is 0 Å². The molecule has 3 fully saturated rings. The van der Waals surface area contributed by atoms with Crippen LogP contribution in [0.3, 0.4) is 0 Å². The first-order chi connectivity index (χ1) is 17.6. The average molecular weight is 515 g/mol. The van der Waals surface area contributed by atoms with Gasteiger partial charge in [-0.2, -0.15) is 0 Å². The van der Waals surface area contributed by atoms with Crippen molar-refractivity contribution in [2.24, 2.45) is 0 Å². The zero-order valence-electron chi connectivity index (χ0n) is 22.4. The number of likely N-dealkylation sites (tertiary alicyclic amines) is 1. The first-order valence-electron chi connectivity index (χ1n) is 13.5. The van der Waals surface area contributed by atoms with Gasteiger partial charge >= 0.3 is 6.09 Å². The highest BCUT2D eigenvalue weighted by Gasteiger charge is 2.27. The standard InChI is InChI=1S/C27H42N6O4/c1-27(2,3)37-26(36)29-21-10-12-31(13-11-21)14-15-32-16-18-33(19-17-32)22-6-4-20(5-7-22)28-23-8-9-24(34)30-25(23)35/h4-7,21,23,28H,8-19H2,1-3H3,(H,29,36)(H,30,34,35). The topological polar surface area (TPSA) is 106 Å². The summed E-state index contributed by atoms with van der Waals surface area (Å²) in [6, 6.07) is 8.04. The van der Waals surface area contributed by atoms with E-state index in [0.717, 1.165) is 70.9 Å². The number of ether oxygens (including phenoxy) is 1. The predicted molar refractivity (Wildman–Crippen MR) is 144 cm³/mol. The number of alkyl carbamates (subject to hydrolysis) is 1. The Morgan fingerprint density at radius 2 is 1.57 bits per heavy atom. The largest absolute Gasteiger partial charge is 0.444 e. The minimum Gasteiger partial charge on any atom is -0.444 e. The number of piperidine rings is 2. The van der Waals surface area contributed by atoms with Crippen LogP contribution in [0.4, 0.5) is 16.2 Å². The number of carbonyl (C=O) groups excluding carboxylic acids is 3. The van der Waals surface area contributed by atoms with Crippen molar-refractivity contribution >= 4 is 29.3 Å². The van der Waals surface area contributed by atoms with Gasteiger partial charge in [0.05, 0.1) is 0 Å². The number of carbonyl (C=O) groups is 3. The maximum Gasteiger partial charge on any atom is 0.407 e. The normalized spacial score (nSPS) is 22.5. The van der Waals surface area contributed by atoms with Gasteiger partial charge in [0.15, 0.2) is 0 Å². The van der Waals surface area contributed by atoms with Gasteiger partial charge in [-0.25, -0.2) is 4.79 Å². The molecule has 0 aromatic heterocycles. The molecule has 10 nitrogen and oxygen atoms in total.